The number of allylic oxidation sites excluding steroid dienone is 2. The van der Waals surface area contributed by atoms with E-state index < -0.39 is 0 Å². The summed E-state index contributed by atoms with van der Waals surface area (Å²) in [6.45, 7) is 7.61. The number of rotatable bonds is 50. The lowest BCUT2D eigenvalue weighted by molar-refractivity contribution is -0.143. The third-order valence-corrected chi connectivity index (χ3v) is 12.9. The zero-order chi connectivity index (χ0) is 41.2. The number of hydrogen-bond donors (Lipinski definition) is 0. The molecule has 1 atom stereocenters. The van der Waals surface area contributed by atoms with Crippen molar-refractivity contribution in [1.29, 1.82) is 0 Å². The average Bonchev–Trinajstić information content (AvgIpc) is 3.22. The summed E-state index contributed by atoms with van der Waals surface area (Å²) >= 11 is 0. The second kappa shape index (κ2) is 51.4. The fraction of sp³-hybridized carbons (Fsp3) is 0.945. The molecule has 0 radical (unpaired) electrons. The second-order valence-corrected chi connectivity index (χ2v) is 18.8. The Bertz CT molecular complexity index is 758. The standard InChI is InChI=1S/C55H108O2/c1-4-6-7-8-9-10-36-40-43-46-49-52-55(56)57-53-50-47-44-41-38-35-33-31-29-27-25-23-21-19-17-15-13-11-12-14-16-18-20-22-24-26-28-30-32-34-37-39-42-45-48-51-54(3)5-2/h8-9,54H,4-7,10-53H2,1-3H3/b9-8-. The molecule has 0 rings (SSSR count). The van der Waals surface area contributed by atoms with Gasteiger partial charge in [0.15, 0.2) is 0 Å². The SMILES string of the molecule is CCCC/C=C\CCCCCCCC(=O)OCCCCCCCCCCCCCCCCCCCCCCCCCCCCCCCCCCCCCC(C)CC. The van der Waals surface area contributed by atoms with E-state index in [1.807, 2.05) is 0 Å². The minimum absolute atomic E-state index is 0.0188. The van der Waals surface area contributed by atoms with Gasteiger partial charge >= 0.3 is 5.97 Å². The van der Waals surface area contributed by atoms with Crippen LogP contribution in [0, 0.1) is 5.92 Å². The van der Waals surface area contributed by atoms with Crippen LogP contribution in [-0.4, -0.2) is 12.6 Å². The highest BCUT2D eigenvalue weighted by Crippen LogP contribution is 2.18. The first-order valence-electron chi connectivity index (χ1n) is 27.0. The van der Waals surface area contributed by atoms with Crippen molar-refractivity contribution in [2.75, 3.05) is 6.61 Å². The zero-order valence-electron chi connectivity index (χ0n) is 40.0. The van der Waals surface area contributed by atoms with Crippen molar-refractivity contribution in [1.82, 2.24) is 0 Å². The van der Waals surface area contributed by atoms with Crippen LogP contribution in [0.1, 0.15) is 323 Å². The van der Waals surface area contributed by atoms with Gasteiger partial charge in [0.1, 0.15) is 0 Å². The molecule has 0 bridgehead atoms. The Morgan fingerprint density at radius 3 is 0.982 bits per heavy atom. The molecule has 57 heavy (non-hydrogen) atoms. The van der Waals surface area contributed by atoms with Crippen molar-refractivity contribution in [2.24, 2.45) is 5.92 Å². The molecule has 0 aromatic carbocycles. The highest BCUT2D eigenvalue weighted by atomic mass is 16.5. The van der Waals surface area contributed by atoms with Crippen LogP contribution < -0.4 is 0 Å². The molecule has 0 spiro atoms. The zero-order valence-corrected chi connectivity index (χ0v) is 40.0. The van der Waals surface area contributed by atoms with E-state index >= 15 is 0 Å². The summed E-state index contributed by atoms with van der Waals surface area (Å²) in [6, 6.07) is 0. The second-order valence-electron chi connectivity index (χ2n) is 18.8. The van der Waals surface area contributed by atoms with Crippen molar-refractivity contribution in [3.8, 4) is 0 Å². The molecule has 1 unspecified atom stereocenters. The molecule has 0 fully saturated rings. The van der Waals surface area contributed by atoms with Crippen LogP contribution in [-0.2, 0) is 9.53 Å². The fourth-order valence-electron chi connectivity index (χ4n) is 8.51. The van der Waals surface area contributed by atoms with E-state index in [0.29, 0.717) is 13.0 Å². The van der Waals surface area contributed by atoms with Gasteiger partial charge < -0.3 is 4.74 Å². The molecule has 0 heterocycles. The van der Waals surface area contributed by atoms with Crippen LogP contribution in [0.4, 0.5) is 0 Å². The number of carbonyl (C=O) groups is 1. The van der Waals surface area contributed by atoms with Gasteiger partial charge in [-0.05, 0) is 38.0 Å². The van der Waals surface area contributed by atoms with Crippen molar-refractivity contribution in [3.05, 3.63) is 12.2 Å². The van der Waals surface area contributed by atoms with E-state index in [9.17, 15) is 4.79 Å². The maximum atomic E-state index is 12.0. The molecule has 0 aromatic heterocycles. The van der Waals surface area contributed by atoms with E-state index in [-0.39, 0.29) is 5.97 Å². The Balaban J connectivity index is 3.13. The molecule has 0 aromatic rings. The molecule has 0 aliphatic carbocycles. The largest absolute Gasteiger partial charge is 0.466 e. The molecule has 0 N–H and O–H groups in total. The van der Waals surface area contributed by atoms with Gasteiger partial charge in [-0.15, -0.1) is 0 Å². The van der Waals surface area contributed by atoms with Crippen molar-refractivity contribution < 1.29 is 9.53 Å². The lowest BCUT2D eigenvalue weighted by Crippen LogP contribution is -2.05. The summed E-state index contributed by atoms with van der Waals surface area (Å²) in [7, 11) is 0. The monoisotopic (exact) mass is 801 g/mol. The van der Waals surface area contributed by atoms with Crippen LogP contribution in [0.15, 0.2) is 12.2 Å². The summed E-state index contributed by atoms with van der Waals surface area (Å²) in [6.07, 6.45) is 69.5. The van der Waals surface area contributed by atoms with Crippen LogP contribution in [0.2, 0.25) is 0 Å². The minimum atomic E-state index is 0.0188. The van der Waals surface area contributed by atoms with E-state index in [0.717, 1.165) is 25.2 Å². The van der Waals surface area contributed by atoms with Gasteiger partial charge in [-0.2, -0.15) is 0 Å². The van der Waals surface area contributed by atoms with Gasteiger partial charge in [-0.1, -0.05) is 296 Å². The summed E-state index contributed by atoms with van der Waals surface area (Å²) in [4.78, 5) is 12.0. The Morgan fingerprint density at radius 2 is 0.649 bits per heavy atom. The van der Waals surface area contributed by atoms with Gasteiger partial charge in [-0.25, -0.2) is 0 Å². The normalized spacial score (nSPS) is 12.3. The third-order valence-electron chi connectivity index (χ3n) is 12.9. The Labute approximate surface area is 361 Å². The lowest BCUT2D eigenvalue weighted by Gasteiger charge is -2.07. The Hall–Kier alpha value is -0.790. The lowest BCUT2D eigenvalue weighted by atomic mass is 9.99. The highest BCUT2D eigenvalue weighted by Gasteiger charge is 2.03. The molecule has 0 saturated heterocycles. The Kier molecular flexibility index (Phi) is 50.6. The van der Waals surface area contributed by atoms with E-state index in [1.165, 1.54) is 276 Å². The minimum Gasteiger partial charge on any atom is -0.466 e. The average molecular weight is 801 g/mol. The maximum Gasteiger partial charge on any atom is 0.305 e. The number of hydrogen-bond acceptors (Lipinski definition) is 2. The fourth-order valence-corrected chi connectivity index (χ4v) is 8.51. The molecule has 0 aliphatic heterocycles. The van der Waals surface area contributed by atoms with E-state index in [1.54, 1.807) is 0 Å². The summed E-state index contributed by atoms with van der Waals surface area (Å²) in [5.74, 6) is 0.960. The molecule has 2 heteroatoms. The molecule has 0 saturated carbocycles. The quantitative estimate of drug-likeness (QED) is 0.0348. The first kappa shape index (κ1) is 56.2. The van der Waals surface area contributed by atoms with Gasteiger partial charge in [0.2, 0.25) is 0 Å². The van der Waals surface area contributed by atoms with Crippen molar-refractivity contribution in [2.45, 2.75) is 323 Å². The molecular formula is C55H108O2. The van der Waals surface area contributed by atoms with Crippen LogP contribution in [0.5, 0.6) is 0 Å². The predicted molar refractivity (Wildman–Crippen MR) is 258 cm³/mol. The molecule has 2 nitrogen and oxygen atoms in total. The first-order valence-corrected chi connectivity index (χ1v) is 27.0. The van der Waals surface area contributed by atoms with Crippen LogP contribution in [0.3, 0.4) is 0 Å². The molecule has 0 amide bonds. The first-order chi connectivity index (χ1) is 28.2. The molecule has 340 valence electrons. The Morgan fingerprint density at radius 1 is 0.368 bits per heavy atom. The van der Waals surface area contributed by atoms with Gasteiger partial charge in [0.25, 0.3) is 0 Å². The van der Waals surface area contributed by atoms with E-state index in [4.69, 9.17) is 4.74 Å². The van der Waals surface area contributed by atoms with Crippen molar-refractivity contribution in [3.63, 3.8) is 0 Å². The summed E-state index contributed by atoms with van der Waals surface area (Å²) in [5.41, 5.74) is 0. The topological polar surface area (TPSA) is 26.3 Å². The smallest absolute Gasteiger partial charge is 0.305 e. The van der Waals surface area contributed by atoms with Crippen LogP contribution in [0.25, 0.3) is 0 Å². The third kappa shape index (κ3) is 51.3. The summed E-state index contributed by atoms with van der Waals surface area (Å²) < 4.78 is 5.46. The van der Waals surface area contributed by atoms with Crippen molar-refractivity contribution >= 4 is 5.97 Å². The van der Waals surface area contributed by atoms with Gasteiger partial charge in [0.05, 0.1) is 6.61 Å². The molecule has 0 aliphatic rings. The maximum absolute atomic E-state index is 12.0. The van der Waals surface area contributed by atoms with Crippen LogP contribution >= 0.6 is 0 Å². The number of unbranched alkanes of at least 4 members (excludes halogenated alkanes) is 41. The van der Waals surface area contributed by atoms with Gasteiger partial charge in [0, 0.05) is 6.42 Å². The highest BCUT2D eigenvalue weighted by molar-refractivity contribution is 5.69. The number of carbonyl (C=O) groups excluding carboxylic acids is 1. The summed E-state index contributed by atoms with van der Waals surface area (Å²) in [5, 5.41) is 0. The van der Waals surface area contributed by atoms with E-state index in [2.05, 4.69) is 32.9 Å². The number of ether oxygens (including phenoxy) is 1. The number of esters is 1. The predicted octanol–water partition coefficient (Wildman–Crippen LogP) is 20.1. The molecular weight excluding hydrogens is 693 g/mol. The van der Waals surface area contributed by atoms with Gasteiger partial charge in [-0.3, -0.25) is 4.79 Å².